The van der Waals surface area contributed by atoms with Gasteiger partial charge in [0.25, 0.3) is 0 Å². The second-order valence-corrected chi connectivity index (χ2v) is 7.79. The molecule has 0 heterocycles. The number of para-hydroxylation sites is 1. The number of likely N-dealkylation sites (N-methyl/N-ethyl adjacent to an activating group) is 1. The number of halogens is 2. The molecule has 2 rings (SSSR count). The average Bonchev–Trinajstić information content (AvgIpc) is 2.48. The predicted octanol–water partition coefficient (Wildman–Crippen LogP) is 4.00. The third kappa shape index (κ3) is 4.18. The second-order valence-electron chi connectivity index (χ2n) is 4.99. The van der Waals surface area contributed by atoms with E-state index < -0.39 is 10.0 Å². The Labute approximate surface area is 146 Å². The van der Waals surface area contributed by atoms with Crippen LogP contribution in [0.3, 0.4) is 0 Å². The maximum atomic E-state index is 12.6. The monoisotopic (exact) mass is 373 g/mol. The Morgan fingerprint density at radius 1 is 1.04 bits per heavy atom. The van der Waals surface area contributed by atoms with Gasteiger partial charge in [0.2, 0.25) is 10.0 Å². The van der Waals surface area contributed by atoms with Crippen LogP contribution >= 0.6 is 23.2 Å². The van der Waals surface area contributed by atoms with Gasteiger partial charge in [0.1, 0.15) is 17.3 Å². The van der Waals surface area contributed by atoms with Crippen LogP contribution in [-0.2, 0) is 10.0 Å². The van der Waals surface area contributed by atoms with Crippen LogP contribution in [0.4, 0.5) is 0 Å². The molecule has 0 aliphatic heterocycles. The largest absolute Gasteiger partial charge is 0.492 e. The van der Waals surface area contributed by atoms with Gasteiger partial charge in [-0.2, -0.15) is 4.31 Å². The van der Waals surface area contributed by atoms with Crippen LogP contribution in [0.5, 0.6) is 5.75 Å². The number of benzene rings is 2. The third-order valence-electron chi connectivity index (χ3n) is 3.34. The number of nitrogens with zero attached hydrogens (tertiary/aromatic N) is 1. The number of aryl methyl sites for hydroxylation is 1. The summed E-state index contributed by atoms with van der Waals surface area (Å²) >= 11 is 12.0. The van der Waals surface area contributed by atoms with Gasteiger partial charge in [-0.05, 0) is 30.7 Å². The average molecular weight is 374 g/mol. The Bertz CT molecular complexity index is 773. The van der Waals surface area contributed by atoms with E-state index in [2.05, 4.69) is 0 Å². The molecule has 0 fully saturated rings. The van der Waals surface area contributed by atoms with Gasteiger partial charge in [0.05, 0.1) is 10.0 Å². The number of sulfonamides is 1. The molecule has 124 valence electrons. The molecular formula is C16H17Cl2NO3S. The summed E-state index contributed by atoms with van der Waals surface area (Å²) in [6.07, 6.45) is 0. The maximum Gasteiger partial charge on any atom is 0.245 e. The van der Waals surface area contributed by atoms with Crippen molar-refractivity contribution >= 4 is 33.2 Å². The summed E-state index contributed by atoms with van der Waals surface area (Å²) in [6, 6.07) is 12.2. The molecule has 0 bridgehead atoms. The molecule has 0 atom stereocenters. The third-order valence-corrected chi connectivity index (χ3v) is 6.16. The van der Waals surface area contributed by atoms with E-state index in [9.17, 15) is 8.42 Å². The molecule has 0 saturated carbocycles. The van der Waals surface area contributed by atoms with Gasteiger partial charge in [0.15, 0.2) is 0 Å². The van der Waals surface area contributed by atoms with Crippen molar-refractivity contribution in [2.75, 3.05) is 20.2 Å². The zero-order valence-corrected chi connectivity index (χ0v) is 15.1. The molecule has 0 amide bonds. The first-order chi connectivity index (χ1) is 10.8. The number of rotatable bonds is 6. The Kier molecular flexibility index (Phi) is 5.92. The molecule has 0 N–H and O–H groups in total. The van der Waals surface area contributed by atoms with Gasteiger partial charge in [-0.25, -0.2) is 8.42 Å². The molecule has 0 spiro atoms. The highest BCUT2D eigenvalue weighted by atomic mass is 35.5. The van der Waals surface area contributed by atoms with Crippen molar-refractivity contribution in [1.82, 2.24) is 4.31 Å². The Hall–Kier alpha value is -1.27. The predicted molar refractivity (Wildman–Crippen MR) is 93.0 cm³/mol. The van der Waals surface area contributed by atoms with Crippen LogP contribution in [0.25, 0.3) is 0 Å². The van der Waals surface area contributed by atoms with Gasteiger partial charge in [0, 0.05) is 13.6 Å². The smallest absolute Gasteiger partial charge is 0.245 e. The lowest BCUT2D eigenvalue weighted by atomic mass is 10.2. The number of ether oxygens (including phenoxy) is 1. The zero-order valence-electron chi connectivity index (χ0n) is 12.8. The lowest BCUT2D eigenvalue weighted by Crippen LogP contribution is -2.31. The molecule has 23 heavy (non-hydrogen) atoms. The minimum absolute atomic E-state index is 0.0817. The van der Waals surface area contributed by atoms with E-state index in [-0.39, 0.29) is 28.1 Å². The lowest BCUT2D eigenvalue weighted by Gasteiger charge is -2.19. The van der Waals surface area contributed by atoms with Gasteiger partial charge >= 0.3 is 0 Å². The molecule has 0 aromatic heterocycles. The fourth-order valence-electron chi connectivity index (χ4n) is 2.01. The van der Waals surface area contributed by atoms with Crippen LogP contribution < -0.4 is 4.74 Å². The van der Waals surface area contributed by atoms with Crippen LogP contribution in [0.15, 0.2) is 47.4 Å². The number of hydrogen-bond acceptors (Lipinski definition) is 3. The van der Waals surface area contributed by atoms with Crippen LogP contribution in [-0.4, -0.2) is 32.9 Å². The van der Waals surface area contributed by atoms with Crippen molar-refractivity contribution in [1.29, 1.82) is 0 Å². The molecule has 0 unspecified atom stereocenters. The van der Waals surface area contributed by atoms with E-state index in [0.717, 1.165) is 11.3 Å². The van der Waals surface area contributed by atoms with Crippen molar-refractivity contribution < 1.29 is 13.2 Å². The number of hydrogen-bond donors (Lipinski definition) is 0. The molecule has 7 heteroatoms. The molecule has 2 aromatic rings. The molecule has 0 aliphatic carbocycles. The standard InChI is InChI=1S/C16H17Cl2NO3S/c1-12-6-3-4-9-15(12)22-11-10-19(2)23(20,21)16-13(17)7-5-8-14(16)18/h3-9H,10-11H2,1-2H3. The van der Waals surface area contributed by atoms with Gasteiger partial charge in [-0.3, -0.25) is 0 Å². The van der Waals surface area contributed by atoms with Crippen molar-refractivity contribution in [2.45, 2.75) is 11.8 Å². The molecule has 4 nitrogen and oxygen atoms in total. The molecular weight excluding hydrogens is 357 g/mol. The van der Waals surface area contributed by atoms with Crippen molar-refractivity contribution in [3.8, 4) is 5.75 Å². The Morgan fingerprint density at radius 2 is 1.65 bits per heavy atom. The van der Waals surface area contributed by atoms with Crippen LogP contribution in [0, 0.1) is 6.92 Å². The van der Waals surface area contributed by atoms with Crippen LogP contribution in [0.1, 0.15) is 5.56 Å². The summed E-state index contributed by atoms with van der Waals surface area (Å²) in [5.41, 5.74) is 0.993. The minimum Gasteiger partial charge on any atom is -0.492 e. The first-order valence-electron chi connectivity index (χ1n) is 6.93. The van der Waals surface area contributed by atoms with E-state index in [4.69, 9.17) is 27.9 Å². The van der Waals surface area contributed by atoms with Crippen molar-refractivity contribution in [2.24, 2.45) is 0 Å². The summed E-state index contributed by atoms with van der Waals surface area (Å²) in [5, 5.41) is 0.202. The van der Waals surface area contributed by atoms with Gasteiger partial charge in [-0.15, -0.1) is 0 Å². The first-order valence-corrected chi connectivity index (χ1v) is 9.12. The summed E-state index contributed by atoms with van der Waals surface area (Å²) in [7, 11) is -2.31. The van der Waals surface area contributed by atoms with Crippen molar-refractivity contribution in [3.05, 3.63) is 58.1 Å². The van der Waals surface area contributed by atoms with Crippen molar-refractivity contribution in [3.63, 3.8) is 0 Å². The normalized spacial score (nSPS) is 11.7. The summed E-state index contributed by atoms with van der Waals surface area (Å²) in [5.74, 6) is 0.731. The summed E-state index contributed by atoms with van der Waals surface area (Å²) in [4.78, 5) is -0.0817. The fraction of sp³-hybridized carbons (Fsp3) is 0.250. The highest BCUT2D eigenvalue weighted by Crippen LogP contribution is 2.30. The van der Waals surface area contributed by atoms with Gasteiger partial charge < -0.3 is 4.74 Å². The highest BCUT2D eigenvalue weighted by Gasteiger charge is 2.26. The molecule has 2 aromatic carbocycles. The van der Waals surface area contributed by atoms with E-state index in [1.165, 1.54) is 23.5 Å². The molecule has 0 aliphatic rings. The fourth-order valence-corrected chi connectivity index (χ4v) is 4.25. The second kappa shape index (κ2) is 7.53. The maximum absolute atomic E-state index is 12.6. The zero-order chi connectivity index (χ0) is 17.0. The van der Waals surface area contributed by atoms with E-state index in [0.29, 0.717) is 0 Å². The van der Waals surface area contributed by atoms with E-state index in [1.54, 1.807) is 6.07 Å². The first kappa shape index (κ1) is 18.1. The minimum atomic E-state index is -3.78. The molecule has 0 radical (unpaired) electrons. The highest BCUT2D eigenvalue weighted by molar-refractivity contribution is 7.89. The molecule has 0 saturated heterocycles. The summed E-state index contributed by atoms with van der Waals surface area (Å²) < 4.78 is 32.0. The lowest BCUT2D eigenvalue weighted by molar-refractivity contribution is 0.285. The topological polar surface area (TPSA) is 46.6 Å². The quantitative estimate of drug-likeness (QED) is 0.768. The van der Waals surface area contributed by atoms with Gasteiger partial charge in [-0.1, -0.05) is 47.5 Å². The Balaban J connectivity index is 2.08. The summed E-state index contributed by atoms with van der Waals surface area (Å²) in [6.45, 7) is 2.33. The Morgan fingerprint density at radius 3 is 2.26 bits per heavy atom. The SMILES string of the molecule is Cc1ccccc1OCCN(C)S(=O)(=O)c1c(Cl)cccc1Cl. The van der Waals surface area contributed by atoms with Crippen LogP contribution in [0.2, 0.25) is 10.0 Å². The van der Waals surface area contributed by atoms with E-state index in [1.807, 2.05) is 31.2 Å². The van der Waals surface area contributed by atoms with E-state index >= 15 is 0 Å².